The van der Waals surface area contributed by atoms with E-state index in [9.17, 15) is 9.59 Å². The van der Waals surface area contributed by atoms with E-state index in [1.807, 2.05) is 43.3 Å². The van der Waals surface area contributed by atoms with Crippen molar-refractivity contribution in [2.75, 3.05) is 18.6 Å². The Hall–Kier alpha value is -3.39. The lowest BCUT2D eigenvalue weighted by atomic mass is 10.1. The van der Waals surface area contributed by atoms with Crippen molar-refractivity contribution >= 4 is 23.6 Å². The quantitative estimate of drug-likeness (QED) is 0.478. The van der Waals surface area contributed by atoms with Crippen LogP contribution >= 0.6 is 0 Å². The van der Waals surface area contributed by atoms with Gasteiger partial charge in [0, 0.05) is 12.7 Å². The number of aryl methyl sites for hydroxylation is 1. The first-order valence-electron chi connectivity index (χ1n) is 7.68. The molecule has 0 heterocycles. The molecule has 2 rings (SSSR count). The van der Waals surface area contributed by atoms with Crippen LogP contribution in [0.1, 0.15) is 11.1 Å². The van der Waals surface area contributed by atoms with Crippen molar-refractivity contribution in [3.05, 3.63) is 71.3 Å². The number of para-hydroxylation sites is 1. The third-order valence-corrected chi connectivity index (χ3v) is 3.57. The third-order valence-electron chi connectivity index (χ3n) is 3.57. The number of benzene rings is 2. The Labute approximate surface area is 146 Å². The van der Waals surface area contributed by atoms with Crippen molar-refractivity contribution in [2.45, 2.75) is 6.92 Å². The van der Waals surface area contributed by atoms with Crippen molar-refractivity contribution in [1.82, 2.24) is 0 Å². The molecule has 0 N–H and O–H groups in total. The molecule has 0 saturated carbocycles. The number of likely N-dealkylation sites (N-methyl/N-ethyl adjacent to an activating group) is 1. The predicted octanol–water partition coefficient (Wildman–Crippen LogP) is 3.11. The summed E-state index contributed by atoms with van der Waals surface area (Å²) < 4.78 is 4.97. The molecular formula is C20H18N2O3. The van der Waals surface area contributed by atoms with E-state index in [1.165, 1.54) is 11.0 Å². The number of hydrogen-bond acceptors (Lipinski definition) is 4. The van der Waals surface area contributed by atoms with E-state index in [0.29, 0.717) is 11.3 Å². The van der Waals surface area contributed by atoms with Gasteiger partial charge in [-0.05, 0) is 30.7 Å². The fourth-order valence-electron chi connectivity index (χ4n) is 2.06. The molecule has 0 unspecified atom stereocenters. The Morgan fingerprint density at radius 2 is 1.76 bits per heavy atom. The zero-order valence-electron chi connectivity index (χ0n) is 14.1. The first-order valence-corrected chi connectivity index (χ1v) is 7.68. The van der Waals surface area contributed by atoms with E-state index in [1.54, 1.807) is 31.3 Å². The SMILES string of the molecule is Cc1ccc(/C=C(\C#N)C(=O)OCC(=O)N(C)c2ccccc2)cc1. The molecular weight excluding hydrogens is 316 g/mol. The fraction of sp³-hybridized carbons (Fsp3) is 0.150. The lowest BCUT2D eigenvalue weighted by Gasteiger charge is -2.16. The molecule has 0 aromatic heterocycles. The minimum Gasteiger partial charge on any atom is -0.451 e. The number of ether oxygens (including phenoxy) is 1. The average molecular weight is 334 g/mol. The van der Waals surface area contributed by atoms with Gasteiger partial charge in [0.05, 0.1) is 0 Å². The molecule has 5 nitrogen and oxygen atoms in total. The minimum absolute atomic E-state index is 0.154. The highest BCUT2D eigenvalue weighted by molar-refractivity contribution is 6.00. The number of amides is 1. The largest absolute Gasteiger partial charge is 0.451 e. The number of carbonyl (C=O) groups is 2. The van der Waals surface area contributed by atoms with E-state index in [-0.39, 0.29) is 11.5 Å². The second kappa shape index (κ2) is 8.46. The van der Waals surface area contributed by atoms with Crippen LogP contribution in [0.4, 0.5) is 5.69 Å². The third kappa shape index (κ3) is 5.05. The van der Waals surface area contributed by atoms with Gasteiger partial charge in [-0.3, -0.25) is 4.79 Å². The van der Waals surface area contributed by atoms with Gasteiger partial charge >= 0.3 is 5.97 Å². The first-order chi connectivity index (χ1) is 12.0. The normalized spacial score (nSPS) is 10.7. The number of nitrogens with zero attached hydrogens (tertiary/aromatic N) is 2. The van der Waals surface area contributed by atoms with Gasteiger partial charge in [-0.1, -0.05) is 48.0 Å². The highest BCUT2D eigenvalue weighted by Crippen LogP contribution is 2.12. The van der Waals surface area contributed by atoms with E-state index >= 15 is 0 Å². The van der Waals surface area contributed by atoms with Crippen molar-refractivity contribution < 1.29 is 14.3 Å². The molecule has 0 saturated heterocycles. The fourth-order valence-corrected chi connectivity index (χ4v) is 2.06. The second-order valence-corrected chi connectivity index (χ2v) is 5.44. The molecule has 0 radical (unpaired) electrons. The lowest BCUT2D eigenvalue weighted by Crippen LogP contribution is -2.31. The van der Waals surface area contributed by atoms with Gasteiger partial charge in [-0.15, -0.1) is 0 Å². The highest BCUT2D eigenvalue weighted by atomic mass is 16.5. The number of anilines is 1. The maximum absolute atomic E-state index is 12.1. The zero-order chi connectivity index (χ0) is 18.2. The van der Waals surface area contributed by atoms with E-state index < -0.39 is 12.6 Å². The van der Waals surface area contributed by atoms with Crippen molar-refractivity contribution in [1.29, 1.82) is 5.26 Å². The van der Waals surface area contributed by atoms with Crippen molar-refractivity contribution in [3.63, 3.8) is 0 Å². The van der Waals surface area contributed by atoms with E-state index in [4.69, 9.17) is 10.00 Å². The molecule has 1 amide bonds. The van der Waals surface area contributed by atoms with E-state index in [0.717, 1.165) is 5.56 Å². The van der Waals surface area contributed by atoms with Crippen LogP contribution in [-0.4, -0.2) is 25.5 Å². The smallest absolute Gasteiger partial charge is 0.349 e. The Morgan fingerprint density at radius 3 is 2.36 bits per heavy atom. The summed E-state index contributed by atoms with van der Waals surface area (Å²) in [6.07, 6.45) is 1.44. The highest BCUT2D eigenvalue weighted by Gasteiger charge is 2.16. The van der Waals surface area contributed by atoms with Crippen LogP contribution in [0.2, 0.25) is 0 Å². The Bertz CT molecular complexity index is 818. The van der Waals surface area contributed by atoms with Crippen LogP contribution in [-0.2, 0) is 14.3 Å². The van der Waals surface area contributed by atoms with Crippen LogP contribution < -0.4 is 4.90 Å². The molecule has 5 heteroatoms. The molecule has 25 heavy (non-hydrogen) atoms. The molecule has 0 atom stereocenters. The summed E-state index contributed by atoms with van der Waals surface area (Å²) in [7, 11) is 1.60. The van der Waals surface area contributed by atoms with Gasteiger partial charge in [0.2, 0.25) is 0 Å². The maximum Gasteiger partial charge on any atom is 0.349 e. The van der Waals surface area contributed by atoms with Crippen LogP contribution in [0, 0.1) is 18.3 Å². The van der Waals surface area contributed by atoms with Crippen molar-refractivity contribution in [2.24, 2.45) is 0 Å². The van der Waals surface area contributed by atoms with Crippen LogP contribution in [0.15, 0.2) is 60.2 Å². The summed E-state index contributed by atoms with van der Waals surface area (Å²) in [5.74, 6) is -1.20. The zero-order valence-corrected chi connectivity index (χ0v) is 14.1. The molecule has 2 aromatic carbocycles. The standard InChI is InChI=1S/C20H18N2O3/c1-15-8-10-16(11-9-15)12-17(13-21)20(24)25-14-19(23)22(2)18-6-4-3-5-7-18/h3-12H,14H2,1-2H3/b17-12+. The number of hydrogen-bond donors (Lipinski definition) is 0. The molecule has 0 aliphatic heterocycles. The molecule has 0 aliphatic rings. The summed E-state index contributed by atoms with van der Waals surface area (Å²) in [6, 6.07) is 18.2. The first kappa shape index (κ1) is 18.0. The number of nitriles is 1. The summed E-state index contributed by atoms with van der Waals surface area (Å²) in [4.78, 5) is 25.5. The summed E-state index contributed by atoms with van der Waals surface area (Å²) in [6.45, 7) is 1.51. The van der Waals surface area contributed by atoms with Gasteiger partial charge < -0.3 is 9.64 Å². The minimum atomic E-state index is -0.821. The van der Waals surface area contributed by atoms with Gasteiger partial charge in [-0.25, -0.2) is 4.79 Å². The molecule has 0 fully saturated rings. The van der Waals surface area contributed by atoms with Gasteiger partial charge in [0.1, 0.15) is 11.6 Å². The molecule has 2 aromatic rings. The topological polar surface area (TPSA) is 70.4 Å². The Balaban J connectivity index is 1.99. The summed E-state index contributed by atoms with van der Waals surface area (Å²) in [5, 5.41) is 9.15. The average Bonchev–Trinajstić information content (AvgIpc) is 2.65. The number of esters is 1. The van der Waals surface area contributed by atoms with Crippen molar-refractivity contribution in [3.8, 4) is 6.07 Å². The Morgan fingerprint density at radius 1 is 1.12 bits per heavy atom. The summed E-state index contributed by atoms with van der Waals surface area (Å²) in [5.41, 5.74) is 2.33. The van der Waals surface area contributed by atoms with Gasteiger partial charge in [-0.2, -0.15) is 5.26 Å². The number of carbonyl (C=O) groups excluding carboxylic acids is 2. The molecule has 0 spiro atoms. The monoisotopic (exact) mass is 334 g/mol. The van der Waals surface area contributed by atoms with Gasteiger partial charge in [0.25, 0.3) is 5.91 Å². The van der Waals surface area contributed by atoms with Crippen LogP contribution in [0.25, 0.3) is 6.08 Å². The van der Waals surface area contributed by atoms with Gasteiger partial charge in [0.15, 0.2) is 6.61 Å². The van der Waals surface area contributed by atoms with Crippen LogP contribution in [0.5, 0.6) is 0 Å². The predicted molar refractivity (Wildman–Crippen MR) is 95.6 cm³/mol. The molecule has 126 valence electrons. The molecule has 0 aliphatic carbocycles. The van der Waals surface area contributed by atoms with E-state index in [2.05, 4.69) is 0 Å². The maximum atomic E-state index is 12.1. The summed E-state index contributed by atoms with van der Waals surface area (Å²) >= 11 is 0. The van der Waals surface area contributed by atoms with Crippen LogP contribution in [0.3, 0.4) is 0 Å². The lowest BCUT2D eigenvalue weighted by molar-refractivity contribution is -0.143. The second-order valence-electron chi connectivity index (χ2n) is 5.44. The Kier molecular flexibility index (Phi) is 6.08. The molecule has 0 bridgehead atoms. The number of rotatable bonds is 5.